The van der Waals surface area contributed by atoms with Crippen molar-refractivity contribution >= 4 is 17.3 Å². The number of nitrogens with zero attached hydrogens (tertiary/aromatic N) is 2. The fourth-order valence-corrected chi connectivity index (χ4v) is 2.86. The maximum absolute atomic E-state index is 12.8. The van der Waals surface area contributed by atoms with Gasteiger partial charge in [-0.15, -0.1) is 0 Å². The summed E-state index contributed by atoms with van der Waals surface area (Å²) < 4.78 is 5.45. The topological polar surface area (TPSA) is 54.5 Å². The van der Waals surface area contributed by atoms with Crippen molar-refractivity contribution in [1.29, 1.82) is 0 Å². The van der Waals surface area contributed by atoms with Gasteiger partial charge in [-0.25, -0.2) is 4.98 Å². The molecule has 2 aromatic carbocycles. The van der Waals surface area contributed by atoms with Crippen molar-refractivity contribution in [3.8, 4) is 5.75 Å². The van der Waals surface area contributed by atoms with Crippen LogP contribution < -0.4 is 10.1 Å². The molecule has 0 radical (unpaired) electrons. The van der Waals surface area contributed by atoms with E-state index in [0.29, 0.717) is 25.4 Å². The van der Waals surface area contributed by atoms with Crippen molar-refractivity contribution in [3.63, 3.8) is 0 Å². The third-order valence-electron chi connectivity index (χ3n) is 4.32. The third kappa shape index (κ3) is 5.10. The van der Waals surface area contributed by atoms with Gasteiger partial charge in [-0.2, -0.15) is 0 Å². The molecule has 3 aromatic rings. The van der Waals surface area contributed by atoms with Crippen LogP contribution >= 0.6 is 0 Å². The number of rotatable bonds is 8. The Hall–Kier alpha value is -3.34. The zero-order valence-electron chi connectivity index (χ0n) is 16.3. The van der Waals surface area contributed by atoms with E-state index >= 15 is 0 Å². The Morgan fingerprint density at radius 1 is 0.964 bits per heavy atom. The Morgan fingerprint density at radius 3 is 2.29 bits per heavy atom. The molecule has 0 saturated heterocycles. The van der Waals surface area contributed by atoms with Crippen LogP contribution in [0.5, 0.6) is 5.75 Å². The van der Waals surface area contributed by atoms with Gasteiger partial charge < -0.3 is 15.0 Å². The number of hydrogen-bond donors (Lipinski definition) is 1. The van der Waals surface area contributed by atoms with E-state index < -0.39 is 0 Å². The quantitative estimate of drug-likeness (QED) is 0.609. The van der Waals surface area contributed by atoms with Gasteiger partial charge in [0.25, 0.3) is 5.91 Å². The summed E-state index contributed by atoms with van der Waals surface area (Å²) in [5.41, 5.74) is 3.30. The minimum absolute atomic E-state index is 0.0704. The van der Waals surface area contributed by atoms with E-state index in [1.165, 1.54) is 0 Å². The fraction of sp³-hybridized carbons (Fsp3) is 0.217. The standard InChI is InChI=1S/C23H25N3O2/c1-3-26(17-18-8-6-5-7-9-18)23(27)22-15-12-20(16-24-22)25-19-10-13-21(14-11-19)28-4-2/h5-16,25H,3-4,17H2,1-2H3. The highest BCUT2D eigenvalue weighted by Crippen LogP contribution is 2.20. The summed E-state index contributed by atoms with van der Waals surface area (Å²) in [4.78, 5) is 18.9. The van der Waals surface area contributed by atoms with E-state index in [4.69, 9.17) is 4.74 Å². The van der Waals surface area contributed by atoms with Crippen LogP contribution in [-0.2, 0) is 6.54 Å². The average Bonchev–Trinajstić information content (AvgIpc) is 2.74. The van der Waals surface area contributed by atoms with Crippen LogP contribution in [0.1, 0.15) is 29.9 Å². The number of amides is 1. The van der Waals surface area contributed by atoms with Crippen LogP contribution in [0.4, 0.5) is 11.4 Å². The van der Waals surface area contributed by atoms with Gasteiger partial charge in [0.1, 0.15) is 11.4 Å². The number of benzene rings is 2. The first kappa shape index (κ1) is 19.4. The van der Waals surface area contributed by atoms with E-state index in [1.807, 2.05) is 74.5 Å². The summed E-state index contributed by atoms with van der Waals surface area (Å²) >= 11 is 0. The van der Waals surface area contributed by atoms with Crippen molar-refractivity contribution < 1.29 is 9.53 Å². The normalized spacial score (nSPS) is 10.4. The lowest BCUT2D eigenvalue weighted by Gasteiger charge is -2.20. The van der Waals surface area contributed by atoms with Crippen molar-refractivity contribution in [2.75, 3.05) is 18.5 Å². The molecule has 0 saturated carbocycles. The molecule has 0 fully saturated rings. The zero-order valence-corrected chi connectivity index (χ0v) is 16.3. The van der Waals surface area contributed by atoms with Crippen LogP contribution in [0.3, 0.4) is 0 Å². The number of hydrogen-bond acceptors (Lipinski definition) is 4. The second-order valence-corrected chi connectivity index (χ2v) is 6.32. The van der Waals surface area contributed by atoms with Crippen LogP contribution in [0, 0.1) is 0 Å². The Morgan fingerprint density at radius 2 is 1.68 bits per heavy atom. The second kappa shape index (κ2) is 9.55. The van der Waals surface area contributed by atoms with Gasteiger partial charge in [-0.1, -0.05) is 30.3 Å². The number of aromatic nitrogens is 1. The molecule has 0 spiro atoms. The minimum atomic E-state index is -0.0704. The Kier molecular flexibility index (Phi) is 6.63. The summed E-state index contributed by atoms with van der Waals surface area (Å²) in [6.45, 7) is 5.78. The predicted octanol–water partition coefficient (Wildman–Crippen LogP) is 4.89. The van der Waals surface area contributed by atoms with Crippen LogP contribution in [0.15, 0.2) is 72.9 Å². The Bertz CT molecular complexity index is 878. The molecule has 5 heteroatoms. The average molecular weight is 375 g/mol. The smallest absolute Gasteiger partial charge is 0.272 e. The first-order chi connectivity index (χ1) is 13.7. The molecule has 0 aliphatic carbocycles. The van der Waals surface area contributed by atoms with Crippen molar-refractivity contribution in [1.82, 2.24) is 9.88 Å². The zero-order chi connectivity index (χ0) is 19.8. The van der Waals surface area contributed by atoms with Crippen LogP contribution in [0.25, 0.3) is 0 Å². The maximum atomic E-state index is 12.8. The molecule has 144 valence electrons. The molecule has 5 nitrogen and oxygen atoms in total. The lowest BCUT2D eigenvalue weighted by molar-refractivity contribution is 0.0746. The lowest BCUT2D eigenvalue weighted by Crippen LogP contribution is -2.30. The predicted molar refractivity (Wildman–Crippen MR) is 112 cm³/mol. The molecule has 0 unspecified atom stereocenters. The van der Waals surface area contributed by atoms with E-state index in [9.17, 15) is 4.79 Å². The lowest BCUT2D eigenvalue weighted by atomic mass is 10.2. The third-order valence-corrected chi connectivity index (χ3v) is 4.32. The Balaban J connectivity index is 1.64. The van der Waals surface area contributed by atoms with Gasteiger partial charge in [0.2, 0.25) is 0 Å². The first-order valence-electron chi connectivity index (χ1n) is 9.48. The molecule has 0 aliphatic heterocycles. The van der Waals surface area contributed by atoms with E-state index in [2.05, 4.69) is 10.3 Å². The van der Waals surface area contributed by atoms with Crippen LogP contribution in [-0.4, -0.2) is 28.9 Å². The number of nitrogens with one attached hydrogen (secondary N) is 1. The molecule has 0 atom stereocenters. The summed E-state index contributed by atoms with van der Waals surface area (Å²) in [7, 11) is 0. The summed E-state index contributed by atoms with van der Waals surface area (Å²) in [6, 6.07) is 21.3. The summed E-state index contributed by atoms with van der Waals surface area (Å²) in [5, 5.41) is 3.28. The molecule has 1 heterocycles. The summed E-state index contributed by atoms with van der Waals surface area (Å²) in [6.07, 6.45) is 1.68. The number of anilines is 2. The van der Waals surface area contributed by atoms with E-state index in [1.54, 1.807) is 17.2 Å². The largest absolute Gasteiger partial charge is 0.494 e. The van der Waals surface area contributed by atoms with Gasteiger partial charge >= 0.3 is 0 Å². The van der Waals surface area contributed by atoms with Crippen LogP contribution in [0.2, 0.25) is 0 Å². The molecule has 1 N–H and O–H groups in total. The van der Waals surface area contributed by atoms with Gasteiger partial charge in [0.15, 0.2) is 0 Å². The monoisotopic (exact) mass is 375 g/mol. The minimum Gasteiger partial charge on any atom is -0.494 e. The number of pyridine rings is 1. The van der Waals surface area contributed by atoms with Crippen molar-refractivity contribution in [2.24, 2.45) is 0 Å². The molecular formula is C23H25N3O2. The second-order valence-electron chi connectivity index (χ2n) is 6.32. The first-order valence-corrected chi connectivity index (χ1v) is 9.48. The van der Waals surface area contributed by atoms with E-state index in [-0.39, 0.29) is 5.91 Å². The van der Waals surface area contributed by atoms with Gasteiger partial charge in [0.05, 0.1) is 18.5 Å². The maximum Gasteiger partial charge on any atom is 0.272 e. The summed E-state index contributed by atoms with van der Waals surface area (Å²) in [5.74, 6) is 0.768. The van der Waals surface area contributed by atoms with Gasteiger partial charge in [0, 0.05) is 18.8 Å². The van der Waals surface area contributed by atoms with Crippen molar-refractivity contribution in [3.05, 3.63) is 84.2 Å². The molecule has 0 aliphatic rings. The highest BCUT2D eigenvalue weighted by atomic mass is 16.5. The van der Waals surface area contributed by atoms with Gasteiger partial charge in [-0.3, -0.25) is 4.79 Å². The van der Waals surface area contributed by atoms with Gasteiger partial charge in [-0.05, 0) is 55.8 Å². The number of ether oxygens (including phenoxy) is 1. The Labute approximate surface area is 166 Å². The highest BCUT2D eigenvalue weighted by Gasteiger charge is 2.15. The number of carbonyl (C=O) groups is 1. The van der Waals surface area contributed by atoms with Crippen molar-refractivity contribution in [2.45, 2.75) is 20.4 Å². The molecule has 28 heavy (non-hydrogen) atoms. The SMILES string of the molecule is CCOc1ccc(Nc2ccc(C(=O)N(CC)Cc3ccccc3)nc2)cc1. The van der Waals surface area contributed by atoms with E-state index in [0.717, 1.165) is 22.7 Å². The number of carbonyl (C=O) groups excluding carboxylic acids is 1. The highest BCUT2D eigenvalue weighted by molar-refractivity contribution is 5.92. The molecule has 3 rings (SSSR count). The molecule has 0 bridgehead atoms. The fourth-order valence-electron chi connectivity index (χ4n) is 2.86. The molecular weight excluding hydrogens is 350 g/mol. The molecule has 1 aromatic heterocycles. The molecule has 1 amide bonds.